The first-order valence-electron chi connectivity index (χ1n) is 6.97. The first kappa shape index (κ1) is 16.7. The average Bonchev–Trinajstić information content (AvgIpc) is 2.48. The fourth-order valence-corrected chi connectivity index (χ4v) is 3.03. The van der Waals surface area contributed by atoms with Gasteiger partial charge >= 0.3 is 0 Å². The Kier molecular flexibility index (Phi) is 5.97. The van der Waals surface area contributed by atoms with Crippen LogP contribution in [0, 0.1) is 5.82 Å². The van der Waals surface area contributed by atoms with Crippen molar-refractivity contribution >= 4 is 31.9 Å². The predicted octanol–water partition coefficient (Wildman–Crippen LogP) is 6.15. The Hall–Kier alpha value is -0.710. The normalized spacial score (nSPS) is 14.0. The van der Waals surface area contributed by atoms with Gasteiger partial charge in [-0.2, -0.15) is 0 Å². The summed E-state index contributed by atoms with van der Waals surface area (Å²) in [6.45, 7) is 4.12. The fourth-order valence-electron chi connectivity index (χ4n) is 2.38. The molecular formula is C17H18Br2FN. The molecular weight excluding hydrogens is 397 g/mol. The van der Waals surface area contributed by atoms with E-state index in [-0.39, 0.29) is 17.9 Å². The molecule has 2 atom stereocenters. The van der Waals surface area contributed by atoms with Crippen LogP contribution in [0.1, 0.15) is 43.5 Å². The number of hydrogen-bond donors (Lipinski definition) is 1. The van der Waals surface area contributed by atoms with E-state index >= 15 is 0 Å². The summed E-state index contributed by atoms with van der Waals surface area (Å²) in [7, 11) is 0. The van der Waals surface area contributed by atoms with Gasteiger partial charge in [-0.05, 0) is 49.2 Å². The van der Waals surface area contributed by atoms with E-state index < -0.39 is 0 Å². The highest BCUT2D eigenvalue weighted by atomic mass is 79.9. The summed E-state index contributed by atoms with van der Waals surface area (Å²) in [5.41, 5.74) is 1.89. The molecule has 1 nitrogen and oxygen atoms in total. The Bertz CT molecular complexity index is 598. The highest BCUT2D eigenvalue weighted by molar-refractivity contribution is 9.10. The number of hydrogen-bond acceptors (Lipinski definition) is 1. The molecule has 0 saturated heterocycles. The van der Waals surface area contributed by atoms with Crippen LogP contribution in [0.25, 0.3) is 0 Å². The molecule has 0 aliphatic carbocycles. The molecule has 0 bridgehead atoms. The van der Waals surface area contributed by atoms with Gasteiger partial charge < -0.3 is 5.32 Å². The van der Waals surface area contributed by atoms with Crippen LogP contribution in [0.5, 0.6) is 0 Å². The van der Waals surface area contributed by atoms with Crippen molar-refractivity contribution in [2.24, 2.45) is 0 Å². The zero-order chi connectivity index (χ0) is 15.4. The molecule has 2 unspecified atom stereocenters. The van der Waals surface area contributed by atoms with Crippen LogP contribution in [0.3, 0.4) is 0 Å². The van der Waals surface area contributed by atoms with Crippen molar-refractivity contribution < 1.29 is 4.39 Å². The van der Waals surface area contributed by atoms with E-state index in [4.69, 9.17) is 0 Å². The van der Waals surface area contributed by atoms with Gasteiger partial charge in [-0.1, -0.05) is 50.9 Å². The quantitative estimate of drug-likeness (QED) is 0.618. The molecule has 0 aromatic heterocycles. The van der Waals surface area contributed by atoms with E-state index in [0.29, 0.717) is 5.56 Å². The van der Waals surface area contributed by atoms with Crippen molar-refractivity contribution in [3.63, 3.8) is 0 Å². The summed E-state index contributed by atoms with van der Waals surface area (Å²) in [5.74, 6) is -0.177. The topological polar surface area (TPSA) is 12.0 Å². The number of rotatable bonds is 5. The van der Waals surface area contributed by atoms with Gasteiger partial charge in [-0.25, -0.2) is 4.39 Å². The third kappa shape index (κ3) is 4.38. The molecule has 21 heavy (non-hydrogen) atoms. The van der Waals surface area contributed by atoms with Gasteiger partial charge in [0, 0.05) is 26.6 Å². The number of halogens is 3. The maximum absolute atomic E-state index is 14.0. The van der Waals surface area contributed by atoms with Crippen LogP contribution >= 0.6 is 31.9 Å². The first-order valence-corrected chi connectivity index (χ1v) is 8.56. The van der Waals surface area contributed by atoms with Crippen molar-refractivity contribution in [3.05, 3.63) is 68.4 Å². The molecule has 0 heterocycles. The summed E-state index contributed by atoms with van der Waals surface area (Å²) >= 11 is 6.85. The largest absolute Gasteiger partial charge is 0.303 e. The van der Waals surface area contributed by atoms with Crippen LogP contribution in [0.2, 0.25) is 0 Å². The fraction of sp³-hybridized carbons (Fsp3) is 0.294. The lowest BCUT2D eigenvalue weighted by Gasteiger charge is -2.23. The van der Waals surface area contributed by atoms with Crippen molar-refractivity contribution in [1.82, 2.24) is 5.32 Å². The van der Waals surface area contributed by atoms with E-state index in [1.54, 1.807) is 6.07 Å². The van der Waals surface area contributed by atoms with Crippen LogP contribution in [0.15, 0.2) is 51.4 Å². The molecule has 0 aliphatic heterocycles. The third-order valence-electron chi connectivity index (χ3n) is 3.56. The molecule has 112 valence electrons. The SMILES string of the molecule is CCC(NC(C)c1cc(Br)ccc1F)c1ccc(Br)cc1. The maximum Gasteiger partial charge on any atom is 0.128 e. The van der Waals surface area contributed by atoms with Gasteiger partial charge in [0.1, 0.15) is 5.82 Å². The van der Waals surface area contributed by atoms with Crippen molar-refractivity contribution in [3.8, 4) is 0 Å². The van der Waals surface area contributed by atoms with Gasteiger partial charge in [-0.15, -0.1) is 0 Å². The van der Waals surface area contributed by atoms with Crippen LogP contribution < -0.4 is 5.32 Å². The van der Waals surface area contributed by atoms with Crippen molar-refractivity contribution in [1.29, 1.82) is 0 Å². The second-order valence-electron chi connectivity index (χ2n) is 5.07. The van der Waals surface area contributed by atoms with E-state index in [0.717, 1.165) is 15.4 Å². The minimum atomic E-state index is -0.177. The standard InChI is InChI=1S/C17H18Br2FN/c1-3-17(12-4-6-13(18)7-5-12)21-11(2)15-10-14(19)8-9-16(15)20/h4-11,17,21H,3H2,1-2H3. The molecule has 0 spiro atoms. The molecule has 0 saturated carbocycles. The Labute approximate surface area is 142 Å². The molecule has 0 radical (unpaired) electrons. The Morgan fingerprint density at radius 2 is 1.67 bits per heavy atom. The first-order chi connectivity index (χ1) is 10.0. The van der Waals surface area contributed by atoms with E-state index in [1.165, 1.54) is 11.6 Å². The summed E-state index contributed by atoms with van der Waals surface area (Å²) in [4.78, 5) is 0. The minimum Gasteiger partial charge on any atom is -0.303 e. The zero-order valence-electron chi connectivity index (χ0n) is 12.0. The van der Waals surface area contributed by atoms with Gasteiger partial charge in [-0.3, -0.25) is 0 Å². The number of nitrogens with one attached hydrogen (secondary N) is 1. The second kappa shape index (κ2) is 7.52. The van der Waals surface area contributed by atoms with Crippen LogP contribution in [0.4, 0.5) is 4.39 Å². The lowest BCUT2D eigenvalue weighted by atomic mass is 10.0. The molecule has 0 amide bonds. The summed E-state index contributed by atoms with van der Waals surface area (Å²) in [6, 6.07) is 13.4. The molecule has 1 N–H and O–H groups in total. The minimum absolute atomic E-state index is 0.0592. The van der Waals surface area contributed by atoms with Gasteiger partial charge in [0.05, 0.1) is 0 Å². The highest BCUT2D eigenvalue weighted by Crippen LogP contribution is 2.26. The Morgan fingerprint density at radius 3 is 2.29 bits per heavy atom. The van der Waals surface area contributed by atoms with E-state index in [9.17, 15) is 4.39 Å². The van der Waals surface area contributed by atoms with Gasteiger partial charge in [0.2, 0.25) is 0 Å². The Balaban J connectivity index is 2.17. The van der Waals surface area contributed by atoms with Gasteiger partial charge in [0.25, 0.3) is 0 Å². The molecule has 2 rings (SSSR count). The molecule has 4 heteroatoms. The average molecular weight is 415 g/mol. The summed E-state index contributed by atoms with van der Waals surface area (Å²) < 4.78 is 15.9. The zero-order valence-corrected chi connectivity index (χ0v) is 15.2. The summed E-state index contributed by atoms with van der Waals surface area (Å²) in [5, 5.41) is 3.51. The second-order valence-corrected chi connectivity index (χ2v) is 6.90. The van der Waals surface area contributed by atoms with Crippen LogP contribution in [-0.2, 0) is 0 Å². The lowest BCUT2D eigenvalue weighted by Crippen LogP contribution is -2.25. The van der Waals surface area contributed by atoms with E-state index in [1.807, 2.05) is 25.1 Å². The highest BCUT2D eigenvalue weighted by Gasteiger charge is 2.16. The molecule has 0 fully saturated rings. The Morgan fingerprint density at radius 1 is 1.05 bits per heavy atom. The van der Waals surface area contributed by atoms with Crippen molar-refractivity contribution in [2.75, 3.05) is 0 Å². The number of benzene rings is 2. The maximum atomic E-state index is 14.0. The smallest absolute Gasteiger partial charge is 0.128 e. The van der Waals surface area contributed by atoms with Crippen molar-refractivity contribution in [2.45, 2.75) is 32.4 Å². The molecule has 2 aromatic carbocycles. The molecule has 2 aromatic rings. The molecule has 0 aliphatic rings. The monoisotopic (exact) mass is 413 g/mol. The van der Waals surface area contributed by atoms with Gasteiger partial charge in [0.15, 0.2) is 0 Å². The summed E-state index contributed by atoms with van der Waals surface area (Å²) in [6.07, 6.45) is 0.946. The van der Waals surface area contributed by atoms with Crippen LogP contribution in [-0.4, -0.2) is 0 Å². The predicted molar refractivity (Wildman–Crippen MR) is 92.8 cm³/mol. The third-order valence-corrected chi connectivity index (χ3v) is 4.58. The lowest BCUT2D eigenvalue weighted by molar-refractivity contribution is 0.442. The van der Waals surface area contributed by atoms with E-state index in [2.05, 4.69) is 56.2 Å².